The number of hydrogen-bond donors (Lipinski definition) is 0. The molecule has 1 unspecified atom stereocenters. The van der Waals surface area contributed by atoms with Gasteiger partial charge in [0.1, 0.15) is 0 Å². The fraction of sp³-hybridized carbons (Fsp3) is 0.357. The average molecular weight is 229 g/mol. The van der Waals surface area contributed by atoms with Crippen molar-refractivity contribution in [3.63, 3.8) is 0 Å². The Morgan fingerprint density at radius 3 is 2.76 bits per heavy atom. The topological polar surface area (TPSA) is 29.5 Å². The molecule has 1 saturated heterocycles. The minimum Gasteiger partial charge on any atom is -0.375 e. The molecule has 0 spiro atoms. The maximum atomic E-state index is 12.2. The molecule has 1 aromatic carbocycles. The average Bonchev–Trinajstić information content (AvgIpc) is 2.38. The predicted octanol–water partition coefficient (Wildman–Crippen LogP) is 1.53. The van der Waals surface area contributed by atoms with Gasteiger partial charge in [0.2, 0.25) is 0 Å². The number of morpholine rings is 1. The minimum absolute atomic E-state index is 0.0451. The lowest BCUT2D eigenvalue weighted by atomic mass is 10.1. The molecule has 1 amide bonds. The molecule has 0 aliphatic carbocycles. The van der Waals surface area contributed by atoms with Gasteiger partial charge >= 0.3 is 0 Å². The van der Waals surface area contributed by atoms with Crippen LogP contribution >= 0.6 is 0 Å². The lowest BCUT2D eigenvalue weighted by Gasteiger charge is -2.31. The first-order chi connectivity index (χ1) is 8.20. The van der Waals surface area contributed by atoms with Crippen LogP contribution in [0.1, 0.15) is 22.8 Å². The second-order valence-corrected chi connectivity index (χ2v) is 4.15. The van der Waals surface area contributed by atoms with Crippen LogP contribution in [-0.4, -0.2) is 36.6 Å². The zero-order chi connectivity index (χ0) is 12.3. The maximum absolute atomic E-state index is 12.2. The van der Waals surface area contributed by atoms with Crippen molar-refractivity contribution in [3.05, 3.63) is 35.4 Å². The number of benzene rings is 1. The third-order valence-electron chi connectivity index (χ3n) is 2.83. The third-order valence-corrected chi connectivity index (χ3v) is 2.83. The van der Waals surface area contributed by atoms with E-state index in [1.807, 2.05) is 11.8 Å². The Labute approximate surface area is 101 Å². The molecular formula is C14H15NO2. The van der Waals surface area contributed by atoms with Crippen molar-refractivity contribution in [1.29, 1.82) is 0 Å². The Bertz CT molecular complexity index is 444. The number of amides is 1. The summed E-state index contributed by atoms with van der Waals surface area (Å²) < 4.78 is 5.41. The summed E-state index contributed by atoms with van der Waals surface area (Å²) in [5.74, 6) is 2.58. The second kappa shape index (κ2) is 5.03. The normalized spacial score (nSPS) is 19.8. The monoisotopic (exact) mass is 229 g/mol. The molecule has 1 heterocycles. The number of ether oxygens (including phenoxy) is 1. The van der Waals surface area contributed by atoms with Gasteiger partial charge in [-0.25, -0.2) is 0 Å². The fourth-order valence-electron chi connectivity index (χ4n) is 1.89. The van der Waals surface area contributed by atoms with Crippen LogP contribution in [0.3, 0.4) is 0 Å². The highest BCUT2D eigenvalue weighted by atomic mass is 16.5. The SMILES string of the molecule is C#Cc1ccc(C(=O)N2CCOC(C)C2)cc1. The highest BCUT2D eigenvalue weighted by molar-refractivity contribution is 5.94. The van der Waals surface area contributed by atoms with E-state index in [1.54, 1.807) is 24.3 Å². The fourth-order valence-corrected chi connectivity index (χ4v) is 1.89. The molecule has 3 nitrogen and oxygen atoms in total. The molecule has 88 valence electrons. The Kier molecular flexibility index (Phi) is 3.46. The summed E-state index contributed by atoms with van der Waals surface area (Å²) in [6, 6.07) is 7.13. The van der Waals surface area contributed by atoms with Crippen molar-refractivity contribution < 1.29 is 9.53 Å². The van der Waals surface area contributed by atoms with Crippen LogP contribution in [-0.2, 0) is 4.74 Å². The van der Waals surface area contributed by atoms with Crippen LogP contribution in [0.5, 0.6) is 0 Å². The number of terminal acetylenes is 1. The molecule has 2 rings (SSSR count). The minimum atomic E-state index is 0.0451. The predicted molar refractivity (Wildman–Crippen MR) is 65.7 cm³/mol. The summed E-state index contributed by atoms with van der Waals surface area (Å²) in [6.45, 7) is 3.88. The highest BCUT2D eigenvalue weighted by Gasteiger charge is 2.22. The number of carbonyl (C=O) groups excluding carboxylic acids is 1. The molecule has 0 bridgehead atoms. The van der Waals surface area contributed by atoms with Crippen molar-refractivity contribution >= 4 is 5.91 Å². The van der Waals surface area contributed by atoms with E-state index < -0.39 is 0 Å². The van der Waals surface area contributed by atoms with E-state index in [1.165, 1.54) is 0 Å². The van der Waals surface area contributed by atoms with Gasteiger partial charge in [-0.2, -0.15) is 0 Å². The number of nitrogens with zero attached hydrogens (tertiary/aromatic N) is 1. The van der Waals surface area contributed by atoms with Crippen molar-refractivity contribution in [3.8, 4) is 12.3 Å². The van der Waals surface area contributed by atoms with E-state index in [9.17, 15) is 4.79 Å². The van der Waals surface area contributed by atoms with Gasteiger partial charge < -0.3 is 9.64 Å². The number of carbonyl (C=O) groups is 1. The van der Waals surface area contributed by atoms with Gasteiger partial charge in [0, 0.05) is 24.2 Å². The van der Waals surface area contributed by atoms with Crippen LogP contribution in [0.4, 0.5) is 0 Å². The first-order valence-corrected chi connectivity index (χ1v) is 5.68. The summed E-state index contributed by atoms with van der Waals surface area (Å²) in [5, 5.41) is 0. The zero-order valence-electron chi connectivity index (χ0n) is 9.85. The van der Waals surface area contributed by atoms with Crippen molar-refractivity contribution in [2.45, 2.75) is 13.0 Å². The Morgan fingerprint density at radius 1 is 1.47 bits per heavy atom. The van der Waals surface area contributed by atoms with Crippen molar-refractivity contribution in [2.24, 2.45) is 0 Å². The van der Waals surface area contributed by atoms with Gasteiger partial charge in [0.05, 0.1) is 12.7 Å². The van der Waals surface area contributed by atoms with E-state index in [-0.39, 0.29) is 12.0 Å². The molecule has 3 heteroatoms. The Hall–Kier alpha value is -1.79. The molecule has 0 saturated carbocycles. The smallest absolute Gasteiger partial charge is 0.254 e. The van der Waals surface area contributed by atoms with Gasteiger partial charge in [0.25, 0.3) is 5.91 Å². The summed E-state index contributed by atoms with van der Waals surface area (Å²) in [4.78, 5) is 14.0. The first-order valence-electron chi connectivity index (χ1n) is 5.68. The molecule has 17 heavy (non-hydrogen) atoms. The largest absolute Gasteiger partial charge is 0.375 e. The van der Waals surface area contributed by atoms with Crippen LogP contribution in [0, 0.1) is 12.3 Å². The third kappa shape index (κ3) is 2.66. The Morgan fingerprint density at radius 2 is 2.18 bits per heavy atom. The van der Waals surface area contributed by atoms with Crippen molar-refractivity contribution in [2.75, 3.05) is 19.7 Å². The zero-order valence-corrected chi connectivity index (χ0v) is 9.85. The molecule has 1 atom stereocenters. The highest BCUT2D eigenvalue weighted by Crippen LogP contribution is 2.11. The number of rotatable bonds is 1. The van der Waals surface area contributed by atoms with Crippen LogP contribution in [0.2, 0.25) is 0 Å². The van der Waals surface area contributed by atoms with Gasteiger partial charge in [0.15, 0.2) is 0 Å². The van der Waals surface area contributed by atoms with Crippen LogP contribution < -0.4 is 0 Å². The van der Waals surface area contributed by atoms with E-state index in [0.717, 1.165) is 5.56 Å². The summed E-state index contributed by atoms with van der Waals surface area (Å²) in [5.41, 5.74) is 1.47. The van der Waals surface area contributed by atoms with Gasteiger partial charge in [-0.05, 0) is 31.2 Å². The maximum Gasteiger partial charge on any atom is 0.254 e. The summed E-state index contributed by atoms with van der Waals surface area (Å²) >= 11 is 0. The summed E-state index contributed by atoms with van der Waals surface area (Å²) in [7, 11) is 0. The lowest BCUT2D eigenvalue weighted by Crippen LogP contribution is -2.44. The van der Waals surface area contributed by atoms with Crippen LogP contribution in [0.25, 0.3) is 0 Å². The molecule has 0 aromatic heterocycles. The number of hydrogen-bond acceptors (Lipinski definition) is 2. The Balaban J connectivity index is 2.11. The van der Waals surface area contributed by atoms with E-state index in [0.29, 0.717) is 25.3 Å². The van der Waals surface area contributed by atoms with Gasteiger partial charge in [-0.1, -0.05) is 5.92 Å². The molecule has 0 N–H and O–H groups in total. The molecule has 1 aromatic rings. The molecule has 1 fully saturated rings. The standard InChI is InChI=1S/C14H15NO2/c1-3-12-4-6-13(7-5-12)14(16)15-8-9-17-11(2)10-15/h1,4-7,11H,8-10H2,2H3. The van der Waals surface area contributed by atoms with E-state index in [4.69, 9.17) is 11.2 Å². The van der Waals surface area contributed by atoms with Crippen molar-refractivity contribution in [1.82, 2.24) is 4.90 Å². The lowest BCUT2D eigenvalue weighted by molar-refractivity contribution is -0.0124. The van der Waals surface area contributed by atoms with Gasteiger partial charge in [-0.15, -0.1) is 6.42 Å². The molecule has 1 aliphatic heterocycles. The summed E-state index contributed by atoms with van der Waals surface area (Å²) in [6.07, 6.45) is 5.38. The molecule has 1 aliphatic rings. The first kappa shape index (κ1) is 11.7. The quantitative estimate of drug-likeness (QED) is 0.683. The second-order valence-electron chi connectivity index (χ2n) is 4.15. The van der Waals surface area contributed by atoms with E-state index in [2.05, 4.69) is 5.92 Å². The van der Waals surface area contributed by atoms with Crippen LogP contribution in [0.15, 0.2) is 24.3 Å². The van der Waals surface area contributed by atoms with Gasteiger partial charge in [-0.3, -0.25) is 4.79 Å². The molecular weight excluding hydrogens is 214 g/mol. The molecule has 0 radical (unpaired) electrons. The van der Waals surface area contributed by atoms with E-state index >= 15 is 0 Å².